The number of ether oxygens (including phenoxy) is 2. The molecule has 1 aromatic rings. The lowest BCUT2D eigenvalue weighted by Gasteiger charge is -2.26. The molecule has 102 valence electrons. The second kappa shape index (κ2) is 7.13. The number of carbonyl (C=O) groups excluding carboxylic acids is 1. The van der Waals surface area contributed by atoms with Crippen molar-refractivity contribution >= 4 is 6.03 Å². The van der Waals surface area contributed by atoms with E-state index in [9.17, 15) is 4.79 Å². The number of nitrogens with zero attached hydrogens (tertiary/aromatic N) is 3. The minimum Gasteiger partial charge on any atom is -0.383 e. The third-order valence-corrected chi connectivity index (χ3v) is 2.71. The number of methoxy groups -OCH3 is 2. The van der Waals surface area contributed by atoms with Crippen LogP contribution in [0.25, 0.3) is 0 Å². The highest BCUT2D eigenvalue weighted by atomic mass is 16.5. The second-order valence-corrected chi connectivity index (χ2v) is 4.26. The number of hydrogen-bond acceptors (Lipinski definition) is 3. The van der Waals surface area contributed by atoms with Crippen molar-refractivity contribution in [3.63, 3.8) is 0 Å². The van der Waals surface area contributed by atoms with E-state index in [2.05, 4.69) is 0 Å². The molecule has 0 radical (unpaired) electrons. The van der Waals surface area contributed by atoms with E-state index in [0.717, 1.165) is 0 Å². The molecule has 0 aliphatic carbocycles. The Morgan fingerprint density at radius 3 is 2.67 bits per heavy atom. The zero-order valence-corrected chi connectivity index (χ0v) is 11.5. The zero-order valence-electron chi connectivity index (χ0n) is 11.5. The molecule has 0 aromatic carbocycles. The fraction of sp³-hybridized carbons (Fsp3) is 0.667. The molecule has 6 heteroatoms. The number of hydrogen-bond donors (Lipinski definition) is 0. The molecule has 0 aliphatic heterocycles. The quantitative estimate of drug-likeness (QED) is 0.686. The Morgan fingerprint density at radius 1 is 1.44 bits per heavy atom. The van der Waals surface area contributed by atoms with Crippen molar-refractivity contribution in [2.45, 2.75) is 13.0 Å². The Kier molecular flexibility index (Phi) is 5.80. The van der Waals surface area contributed by atoms with E-state index in [-0.39, 0.29) is 12.1 Å². The van der Waals surface area contributed by atoms with Crippen molar-refractivity contribution in [1.82, 2.24) is 9.47 Å². The van der Waals surface area contributed by atoms with Crippen LogP contribution < -0.4 is 4.57 Å². The van der Waals surface area contributed by atoms with E-state index in [0.29, 0.717) is 19.8 Å². The van der Waals surface area contributed by atoms with Gasteiger partial charge >= 0.3 is 6.03 Å². The molecule has 1 unspecified atom stereocenters. The zero-order chi connectivity index (χ0) is 13.5. The molecule has 6 nitrogen and oxygen atoms in total. The highest BCUT2D eigenvalue weighted by Gasteiger charge is 2.25. The first-order chi connectivity index (χ1) is 8.60. The van der Waals surface area contributed by atoms with Crippen molar-refractivity contribution in [3.8, 4) is 0 Å². The molecule has 0 spiro atoms. The maximum absolute atomic E-state index is 12.3. The third kappa shape index (κ3) is 3.82. The number of aryl methyl sites for hydroxylation is 1. The van der Waals surface area contributed by atoms with E-state index in [1.54, 1.807) is 36.2 Å². The molecule has 0 bridgehead atoms. The lowest BCUT2D eigenvalue weighted by atomic mass is 10.3. The molecule has 0 saturated heterocycles. The summed E-state index contributed by atoms with van der Waals surface area (Å²) in [5.41, 5.74) is 0. The van der Waals surface area contributed by atoms with Gasteiger partial charge in [0.25, 0.3) is 6.33 Å². The van der Waals surface area contributed by atoms with Crippen LogP contribution in [-0.2, 0) is 16.5 Å². The predicted octanol–water partition coefficient (Wildman–Crippen LogP) is 0.264. The van der Waals surface area contributed by atoms with Crippen LogP contribution in [0.2, 0.25) is 0 Å². The fourth-order valence-corrected chi connectivity index (χ4v) is 1.74. The van der Waals surface area contributed by atoms with Crippen molar-refractivity contribution in [2.24, 2.45) is 7.05 Å². The Labute approximate surface area is 108 Å². The monoisotopic (exact) mass is 256 g/mol. The van der Waals surface area contributed by atoms with Crippen LogP contribution in [0, 0.1) is 0 Å². The molecule has 18 heavy (non-hydrogen) atoms. The van der Waals surface area contributed by atoms with E-state index in [1.807, 2.05) is 24.7 Å². The van der Waals surface area contributed by atoms with Crippen LogP contribution in [0.15, 0.2) is 18.7 Å². The molecule has 0 aliphatic rings. The van der Waals surface area contributed by atoms with Gasteiger partial charge in [-0.25, -0.2) is 9.36 Å². The third-order valence-electron chi connectivity index (χ3n) is 2.71. The minimum atomic E-state index is -0.0720. The first-order valence-corrected chi connectivity index (χ1v) is 5.92. The Morgan fingerprint density at radius 2 is 2.17 bits per heavy atom. The van der Waals surface area contributed by atoms with Crippen LogP contribution in [0.1, 0.15) is 6.92 Å². The van der Waals surface area contributed by atoms with Gasteiger partial charge in [0.1, 0.15) is 12.4 Å². The summed E-state index contributed by atoms with van der Waals surface area (Å²) in [4.78, 5) is 14.1. The van der Waals surface area contributed by atoms with E-state index >= 15 is 0 Å². The molecule has 1 amide bonds. The lowest BCUT2D eigenvalue weighted by molar-refractivity contribution is -0.670. The fourth-order valence-electron chi connectivity index (χ4n) is 1.74. The first kappa shape index (κ1) is 14.7. The summed E-state index contributed by atoms with van der Waals surface area (Å²) in [6.07, 6.45) is 5.30. The molecule has 0 saturated carbocycles. The average molecular weight is 256 g/mol. The van der Waals surface area contributed by atoms with E-state index in [4.69, 9.17) is 9.47 Å². The smallest absolute Gasteiger partial charge is 0.383 e. The Hall–Kier alpha value is -1.40. The Balaban J connectivity index is 2.77. The molecular weight excluding hydrogens is 234 g/mol. The highest BCUT2D eigenvalue weighted by Crippen LogP contribution is 2.03. The van der Waals surface area contributed by atoms with Gasteiger partial charge in [0.2, 0.25) is 0 Å². The number of rotatable bonds is 6. The maximum Gasteiger partial charge on any atom is 0.416 e. The van der Waals surface area contributed by atoms with Crippen LogP contribution in [0.4, 0.5) is 4.79 Å². The number of imidazole rings is 1. The van der Waals surface area contributed by atoms with E-state index < -0.39 is 0 Å². The van der Waals surface area contributed by atoms with Crippen LogP contribution >= 0.6 is 0 Å². The van der Waals surface area contributed by atoms with Gasteiger partial charge in [-0.2, -0.15) is 4.57 Å². The van der Waals surface area contributed by atoms with Crippen molar-refractivity contribution in [1.29, 1.82) is 0 Å². The van der Waals surface area contributed by atoms with Gasteiger partial charge in [-0.05, 0) is 6.92 Å². The summed E-state index contributed by atoms with van der Waals surface area (Å²) in [6, 6.07) is -0.0671. The summed E-state index contributed by atoms with van der Waals surface area (Å²) in [5.74, 6) is 0. The molecule has 1 heterocycles. The molecule has 1 rings (SSSR count). The molecule has 0 fully saturated rings. The summed E-state index contributed by atoms with van der Waals surface area (Å²) in [7, 11) is 5.13. The summed E-state index contributed by atoms with van der Waals surface area (Å²) < 4.78 is 13.5. The molecule has 1 aromatic heterocycles. The number of amides is 1. The van der Waals surface area contributed by atoms with Crippen LogP contribution in [0.3, 0.4) is 0 Å². The summed E-state index contributed by atoms with van der Waals surface area (Å²) >= 11 is 0. The van der Waals surface area contributed by atoms with Gasteiger partial charge in [0.05, 0.1) is 26.3 Å². The van der Waals surface area contributed by atoms with Crippen molar-refractivity contribution < 1.29 is 18.8 Å². The average Bonchev–Trinajstić information content (AvgIpc) is 2.76. The highest BCUT2D eigenvalue weighted by molar-refractivity contribution is 5.76. The second-order valence-electron chi connectivity index (χ2n) is 4.26. The van der Waals surface area contributed by atoms with Gasteiger partial charge in [-0.15, -0.1) is 0 Å². The molecular formula is C12H22N3O3+. The predicted molar refractivity (Wildman–Crippen MR) is 66.3 cm³/mol. The van der Waals surface area contributed by atoms with E-state index in [1.165, 1.54) is 0 Å². The number of carbonyl (C=O) groups is 1. The normalized spacial score (nSPS) is 12.4. The minimum absolute atomic E-state index is 0.00496. The van der Waals surface area contributed by atoms with Crippen molar-refractivity contribution in [3.05, 3.63) is 18.7 Å². The standard InChI is InChI=1S/C12H22N3O3/c1-11(9-18-4)15(7-8-17-3)12(16)14-6-5-13(2)10-14/h5-6,10-11H,7-9H2,1-4H3/q+1. The molecule has 0 N–H and O–H groups in total. The lowest BCUT2D eigenvalue weighted by Crippen LogP contribution is -2.45. The topological polar surface area (TPSA) is 47.6 Å². The maximum atomic E-state index is 12.3. The van der Waals surface area contributed by atoms with Gasteiger partial charge in [0, 0.05) is 20.8 Å². The molecule has 1 atom stereocenters. The summed E-state index contributed by atoms with van der Waals surface area (Å²) in [5, 5.41) is 0. The number of aromatic nitrogens is 2. The van der Waals surface area contributed by atoms with Gasteiger partial charge in [-0.1, -0.05) is 0 Å². The SMILES string of the molecule is COCCN(C(=O)n1cc[n+](C)c1)C(C)COC. The van der Waals surface area contributed by atoms with Gasteiger partial charge in [-0.3, -0.25) is 4.90 Å². The Bertz CT molecular complexity index is 378. The van der Waals surface area contributed by atoms with Gasteiger partial charge in [0.15, 0.2) is 0 Å². The van der Waals surface area contributed by atoms with Gasteiger partial charge < -0.3 is 9.47 Å². The van der Waals surface area contributed by atoms with Crippen LogP contribution in [-0.4, -0.2) is 55.5 Å². The summed E-state index contributed by atoms with van der Waals surface area (Å²) in [6.45, 7) is 3.51. The largest absolute Gasteiger partial charge is 0.416 e. The first-order valence-electron chi connectivity index (χ1n) is 5.92. The van der Waals surface area contributed by atoms with Crippen molar-refractivity contribution in [2.75, 3.05) is 34.0 Å². The van der Waals surface area contributed by atoms with Crippen LogP contribution in [0.5, 0.6) is 0 Å².